The van der Waals surface area contributed by atoms with Crippen molar-refractivity contribution in [1.29, 1.82) is 0 Å². The fourth-order valence-corrected chi connectivity index (χ4v) is 5.12. The first kappa shape index (κ1) is 24.9. The highest BCUT2D eigenvalue weighted by atomic mass is 32.1. The number of nitrogens with one attached hydrogen (secondary N) is 1. The first-order valence-electron chi connectivity index (χ1n) is 11.3. The van der Waals surface area contributed by atoms with Gasteiger partial charge < -0.3 is 15.3 Å². The number of hydrogen-bond acceptors (Lipinski definition) is 5. The number of aliphatic carboxylic acids is 1. The quantitative estimate of drug-likeness (QED) is 0.541. The van der Waals surface area contributed by atoms with E-state index < -0.39 is 11.4 Å². The Morgan fingerprint density at radius 1 is 1.12 bits per heavy atom. The van der Waals surface area contributed by atoms with E-state index in [9.17, 15) is 14.7 Å². The third-order valence-electron chi connectivity index (χ3n) is 5.58. The van der Waals surface area contributed by atoms with E-state index in [4.69, 9.17) is 0 Å². The van der Waals surface area contributed by atoms with Crippen LogP contribution < -0.4 is 5.32 Å². The maximum Gasteiger partial charge on any atom is 0.304 e. The Kier molecular flexibility index (Phi) is 8.21. The van der Waals surface area contributed by atoms with E-state index in [1.807, 2.05) is 50.3 Å². The van der Waals surface area contributed by atoms with Gasteiger partial charge in [0.2, 0.25) is 5.91 Å². The summed E-state index contributed by atoms with van der Waals surface area (Å²) in [7, 11) is 6.00. The zero-order chi connectivity index (χ0) is 24.0. The Morgan fingerprint density at radius 3 is 2.33 bits per heavy atom. The summed E-state index contributed by atoms with van der Waals surface area (Å²) in [5, 5.41) is 13.2. The smallest absolute Gasteiger partial charge is 0.304 e. The molecule has 176 valence electrons. The van der Waals surface area contributed by atoms with Gasteiger partial charge in [-0.3, -0.25) is 9.59 Å². The third kappa shape index (κ3) is 6.39. The monoisotopic (exact) mass is 467 g/mol. The van der Waals surface area contributed by atoms with Gasteiger partial charge in [-0.15, -0.1) is 11.3 Å². The summed E-state index contributed by atoms with van der Waals surface area (Å²) in [6, 6.07) is 14.2. The zero-order valence-corrected chi connectivity index (χ0v) is 20.7. The van der Waals surface area contributed by atoms with E-state index in [2.05, 4.69) is 35.4 Å². The van der Waals surface area contributed by atoms with Crippen LogP contribution in [0.1, 0.15) is 41.5 Å². The van der Waals surface area contributed by atoms with Crippen LogP contribution in [0.4, 0.5) is 0 Å². The van der Waals surface area contributed by atoms with E-state index in [0.29, 0.717) is 19.4 Å². The topological polar surface area (TPSA) is 82.5 Å². The highest BCUT2D eigenvalue weighted by Gasteiger charge is 2.45. The van der Waals surface area contributed by atoms with Crippen LogP contribution in [0.2, 0.25) is 0 Å². The molecule has 0 aliphatic heterocycles. The van der Waals surface area contributed by atoms with Crippen molar-refractivity contribution in [3.63, 3.8) is 0 Å². The summed E-state index contributed by atoms with van der Waals surface area (Å²) in [5.74, 6) is -1.15. The van der Waals surface area contributed by atoms with Crippen LogP contribution in [0.3, 0.4) is 0 Å². The maximum atomic E-state index is 13.1. The van der Waals surface area contributed by atoms with Crippen molar-refractivity contribution in [2.24, 2.45) is 5.41 Å². The molecule has 0 radical (unpaired) electrons. The van der Waals surface area contributed by atoms with Gasteiger partial charge in [-0.1, -0.05) is 43.7 Å². The Bertz CT molecular complexity index is 1100. The van der Waals surface area contributed by atoms with Crippen molar-refractivity contribution in [2.45, 2.75) is 45.6 Å². The van der Waals surface area contributed by atoms with Crippen molar-refractivity contribution < 1.29 is 14.7 Å². The van der Waals surface area contributed by atoms with Gasteiger partial charge in [0, 0.05) is 0 Å². The molecule has 0 fully saturated rings. The Balaban J connectivity index is 0.000000709. The molecule has 0 saturated heterocycles. The molecule has 1 aliphatic rings. The summed E-state index contributed by atoms with van der Waals surface area (Å²) in [6.07, 6.45) is 2.86. The molecular formula is C26H33N3O3S. The molecule has 3 aromatic rings. The SMILES string of the molecule is CCCc1ccc2sc(CNC(=O)C3(CC(=O)O)Cc4ccccc4C3)nc2c1.CN(C)C. The van der Waals surface area contributed by atoms with Crippen molar-refractivity contribution in [3.8, 4) is 0 Å². The molecule has 33 heavy (non-hydrogen) atoms. The minimum atomic E-state index is -0.948. The lowest BCUT2D eigenvalue weighted by Crippen LogP contribution is -2.43. The minimum absolute atomic E-state index is 0.173. The minimum Gasteiger partial charge on any atom is -0.481 e. The third-order valence-corrected chi connectivity index (χ3v) is 6.62. The summed E-state index contributed by atoms with van der Waals surface area (Å²) < 4.78 is 1.10. The normalized spacial score (nSPS) is 14.0. The number of aromatic nitrogens is 1. The molecule has 2 aromatic carbocycles. The highest BCUT2D eigenvalue weighted by molar-refractivity contribution is 7.18. The van der Waals surface area contributed by atoms with E-state index in [1.54, 1.807) is 11.3 Å². The van der Waals surface area contributed by atoms with E-state index in [0.717, 1.165) is 39.2 Å². The van der Waals surface area contributed by atoms with E-state index in [-0.39, 0.29) is 12.3 Å². The van der Waals surface area contributed by atoms with Crippen LogP contribution in [0.5, 0.6) is 0 Å². The molecule has 1 aliphatic carbocycles. The van der Waals surface area contributed by atoms with E-state index >= 15 is 0 Å². The number of nitrogens with zero attached hydrogens (tertiary/aromatic N) is 2. The molecular weight excluding hydrogens is 434 g/mol. The number of hydrogen-bond donors (Lipinski definition) is 2. The van der Waals surface area contributed by atoms with Gasteiger partial charge in [-0.05, 0) is 69.2 Å². The Labute approximate surface area is 199 Å². The summed E-state index contributed by atoms with van der Waals surface area (Å²) in [5.41, 5.74) is 3.42. The number of carbonyl (C=O) groups excluding carboxylic acids is 1. The fraction of sp³-hybridized carbons (Fsp3) is 0.423. The van der Waals surface area contributed by atoms with Crippen molar-refractivity contribution in [3.05, 3.63) is 64.2 Å². The van der Waals surface area contributed by atoms with Gasteiger partial charge in [0.05, 0.1) is 28.6 Å². The summed E-state index contributed by atoms with van der Waals surface area (Å²) >= 11 is 1.57. The number of rotatable bonds is 7. The molecule has 1 aromatic heterocycles. The maximum absolute atomic E-state index is 13.1. The number of thiazole rings is 1. The molecule has 0 saturated carbocycles. The van der Waals surface area contributed by atoms with Crippen LogP contribution in [0.25, 0.3) is 10.2 Å². The van der Waals surface area contributed by atoms with Crippen molar-refractivity contribution in [1.82, 2.24) is 15.2 Å². The number of aryl methyl sites for hydroxylation is 1. The largest absolute Gasteiger partial charge is 0.481 e. The zero-order valence-electron chi connectivity index (χ0n) is 19.9. The van der Waals surface area contributed by atoms with Crippen molar-refractivity contribution in [2.75, 3.05) is 21.1 Å². The number of carbonyl (C=O) groups is 2. The van der Waals surface area contributed by atoms with Gasteiger partial charge in [0.1, 0.15) is 5.01 Å². The molecule has 0 bridgehead atoms. The van der Waals surface area contributed by atoms with Crippen LogP contribution in [0.15, 0.2) is 42.5 Å². The van der Waals surface area contributed by atoms with Crippen LogP contribution >= 0.6 is 11.3 Å². The molecule has 1 amide bonds. The first-order chi connectivity index (χ1) is 15.7. The molecule has 7 heteroatoms. The predicted molar refractivity (Wildman–Crippen MR) is 134 cm³/mol. The van der Waals surface area contributed by atoms with Gasteiger partial charge in [-0.2, -0.15) is 0 Å². The average molecular weight is 468 g/mol. The molecule has 4 rings (SSSR count). The van der Waals surface area contributed by atoms with Gasteiger partial charge >= 0.3 is 5.97 Å². The first-order valence-corrected chi connectivity index (χ1v) is 12.1. The number of carboxylic acid groups (broad SMARTS) is 1. The second-order valence-corrected chi connectivity index (χ2v) is 10.3. The number of fused-ring (bicyclic) bond motifs is 2. The Hall–Kier alpha value is -2.77. The van der Waals surface area contributed by atoms with Crippen LogP contribution in [0, 0.1) is 5.41 Å². The fourth-order valence-electron chi connectivity index (χ4n) is 4.23. The van der Waals surface area contributed by atoms with Gasteiger partial charge in [0.15, 0.2) is 0 Å². The number of amides is 1. The lowest BCUT2D eigenvalue weighted by Gasteiger charge is -2.25. The standard InChI is InChI=1S/C23H24N2O3S.C3H9N/c1-2-5-15-8-9-19-18(10-15)25-20(29-19)14-24-22(28)23(13-21(26)27)11-16-6-3-4-7-17(16)12-23;1-4(2)3/h3-4,6-10H,2,5,11-14H2,1H3,(H,24,28)(H,26,27);1-3H3. The molecule has 6 nitrogen and oxygen atoms in total. The predicted octanol–water partition coefficient (Wildman–Crippen LogP) is 4.30. The molecule has 0 atom stereocenters. The Morgan fingerprint density at radius 2 is 1.76 bits per heavy atom. The molecule has 0 spiro atoms. The van der Waals surface area contributed by atoms with Crippen molar-refractivity contribution >= 4 is 33.4 Å². The summed E-state index contributed by atoms with van der Waals surface area (Å²) in [4.78, 5) is 31.3. The van der Waals surface area contributed by atoms with E-state index in [1.165, 1.54) is 5.56 Å². The lowest BCUT2D eigenvalue weighted by molar-refractivity contribution is -0.145. The van der Waals surface area contributed by atoms with Crippen LogP contribution in [-0.2, 0) is 35.4 Å². The molecule has 2 N–H and O–H groups in total. The molecule has 0 unspecified atom stereocenters. The van der Waals surface area contributed by atoms with Gasteiger partial charge in [0.25, 0.3) is 0 Å². The molecule has 1 heterocycles. The number of carboxylic acids is 1. The van der Waals surface area contributed by atoms with Gasteiger partial charge in [-0.25, -0.2) is 4.98 Å². The van der Waals surface area contributed by atoms with Crippen LogP contribution in [-0.4, -0.2) is 48.0 Å². The average Bonchev–Trinajstić information content (AvgIpc) is 3.32. The lowest BCUT2D eigenvalue weighted by atomic mass is 9.80. The highest BCUT2D eigenvalue weighted by Crippen LogP contribution is 2.40. The second-order valence-electron chi connectivity index (χ2n) is 9.16. The summed E-state index contributed by atoms with van der Waals surface area (Å²) in [6.45, 7) is 2.47. The second kappa shape index (κ2) is 10.9. The number of benzene rings is 2.